The lowest BCUT2D eigenvalue weighted by Gasteiger charge is -2.08. The lowest BCUT2D eigenvalue weighted by molar-refractivity contribution is 0.246. The topological polar surface area (TPSA) is 92.3 Å². The molecule has 0 radical (unpaired) electrons. The quantitative estimate of drug-likeness (QED) is 0.809. The van der Waals surface area contributed by atoms with Crippen LogP contribution in [0, 0.1) is 6.92 Å². The molecule has 2 N–H and O–H groups in total. The van der Waals surface area contributed by atoms with Crippen molar-refractivity contribution in [2.75, 3.05) is 18.1 Å². The Morgan fingerprint density at radius 1 is 1.25 bits per heavy atom. The van der Waals surface area contributed by atoms with Crippen molar-refractivity contribution in [1.29, 1.82) is 0 Å². The molecule has 0 bridgehead atoms. The Hall–Kier alpha value is -1.41. The number of amides is 2. The molecule has 0 aliphatic rings. The van der Waals surface area contributed by atoms with Crippen molar-refractivity contribution in [3.63, 3.8) is 0 Å². The number of benzene rings is 1. The van der Waals surface area contributed by atoms with E-state index in [4.69, 9.17) is 0 Å². The van der Waals surface area contributed by atoms with E-state index < -0.39 is 26.9 Å². The van der Waals surface area contributed by atoms with Crippen LogP contribution in [0.25, 0.3) is 0 Å². The standard InChI is InChI=1S/C12H18N2O4S2/c1-3-19(16)9-8-13-12(15)14-20(17,18)11-6-4-10(2)5-7-11/h4-7H,3,8-9H2,1-2H3,(H2,13,14,15)/t19-/m0/s1. The highest BCUT2D eigenvalue weighted by Crippen LogP contribution is 2.09. The van der Waals surface area contributed by atoms with E-state index in [1.54, 1.807) is 19.1 Å². The third-order valence-electron chi connectivity index (χ3n) is 2.50. The molecule has 1 aromatic carbocycles. The summed E-state index contributed by atoms with van der Waals surface area (Å²) in [4.78, 5) is 11.5. The second kappa shape index (κ2) is 7.39. The highest BCUT2D eigenvalue weighted by atomic mass is 32.2. The Labute approximate surface area is 121 Å². The first kappa shape index (κ1) is 16.6. The maximum Gasteiger partial charge on any atom is 0.328 e. The first-order valence-electron chi connectivity index (χ1n) is 6.07. The molecule has 1 atom stereocenters. The van der Waals surface area contributed by atoms with Crippen LogP contribution in [0.5, 0.6) is 0 Å². The molecular formula is C12H18N2O4S2. The first-order valence-corrected chi connectivity index (χ1v) is 9.04. The molecule has 2 amide bonds. The fraction of sp³-hybridized carbons (Fsp3) is 0.417. The molecule has 6 nitrogen and oxygen atoms in total. The van der Waals surface area contributed by atoms with Gasteiger partial charge in [-0.05, 0) is 19.1 Å². The van der Waals surface area contributed by atoms with Crippen LogP contribution >= 0.6 is 0 Å². The van der Waals surface area contributed by atoms with Gasteiger partial charge in [0, 0.05) is 28.9 Å². The van der Waals surface area contributed by atoms with Crippen LogP contribution in [0.15, 0.2) is 29.2 Å². The molecule has 0 aliphatic carbocycles. The molecule has 0 aromatic heterocycles. The van der Waals surface area contributed by atoms with Crippen molar-refractivity contribution >= 4 is 26.9 Å². The van der Waals surface area contributed by atoms with E-state index in [1.165, 1.54) is 12.1 Å². The minimum Gasteiger partial charge on any atom is -0.336 e. The summed E-state index contributed by atoms with van der Waals surface area (Å²) in [5, 5.41) is 2.36. The zero-order valence-corrected chi connectivity index (χ0v) is 13.0. The van der Waals surface area contributed by atoms with Gasteiger partial charge in [-0.2, -0.15) is 0 Å². The summed E-state index contributed by atoms with van der Waals surface area (Å²) in [7, 11) is -4.87. The monoisotopic (exact) mass is 318 g/mol. The average Bonchev–Trinajstić information content (AvgIpc) is 2.38. The van der Waals surface area contributed by atoms with Crippen molar-refractivity contribution in [3.8, 4) is 0 Å². The van der Waals surface area contributed by atoms with Gasteiger partial charge in [-0.15, -0.1) is 0 Å². The molecule has 0 aliphatic heterocycles. The van der Waals surface area contributed by atoms with Gasteiger partial charge < -0.3 is 5.32 Å². The largest absolute Gasteiger partial charge is 0.336 e. The number of hydrogen-bond donors (Lipinski definition) is 2. The summed E-state index contributed by atoms with van der Waals surface area (Å²) >= 11 is 0. The fourth-order valence-electron chi connectivity index (χ4n) is 1.36. The Kier molecular flexibility index (Phi) is 6.15. The Morgan fingerprint density at radius 3 is 2.40 bits per heavy atom. The predicted octanol–water partition coefficient (Wildman–Crippen LogP) is 0.752. The summed E-state index contributed by atoms with van der Waals surface area (Å²) in [6.07, 6.45) is 0. The van der Waals surface area contributed by atoms with E-state index in [9.17, 15) is 17.4 Å². The highest BCUT2D eigenvalue weighted by Gasteiger charge is 2.16. The molecule has 0 saturated carbocycles. The molecule has 0 spiro atoms. The Balaban J connectivity index is 2.56. The molecular weight excluding hydrogens is 300 g/mol. The van der Waals surface area contributed by atoms with Gasteiger partial charge >= 0.3 is 6.03 Å². The number of sulfonamides is 1. The van der Waals surface area contributed by atoms with Crippen LogP contribution in [-0.4, -0.2) is 36.7 Å². The summed E-state index contributed by atoms with van der Waals surface area (Å²) < 4.78 is 36.8. The van der Waals surface area contributed by atoms with Gasteiger partial charge in [0.05, 0.1) is 4.90 Å². The normalized spacial score (nSPS) is 12.7. The lowest BCUT2D eigenvalue weighted by Crippen LogP contribution is -2.40. The summed E-state index contributed by atoms with van der Waals surface area (Å²) in [5.41, 5.74) is 0.926. The second-order valence-electron chi connectivity index (χ2n) is 4.11. The number of nitrogens with one attached hydrogen (secondary N) is 2. The van der Waals surface area contributed by atoms with E-state index >= 15 is 0 Å². The lowest BCUT2D eigenvalue weighted by atomic mass is 10.2. The van der Waals surface area contributed by atoms with Gasteiger partial charge in [0.15, 0.2) is 0 Å². The summed E-state index contributed by atoms with van der Waals surface area (Å²) in [6.45, 7) is 3.78. The average molecular weight is 318 g/mol. The Bertz CT molecular complexity index is 582. The number of rotatable bonds is 6. The molecule has 8 heteroatoms. The number of hydrogen-bond acceptors (Lipinski definition) is 4. The number of carbonyl (C=O) groups excluding carboxylic acids is 1. The van der Waals surface area contributed by atoms with Gasteiger partial charge in [0.1, 0.15) is 0 Å². The van der Waals surface area contributed by atoms with Crippen molar-refractivity contribution < 1.29 is 17.4 Å². The SMILES string of the molecule is CC[S@](=O)CCNC(=O)NS(=O)(=O)c1ccc(C)cc1. The van der Waals surface area contributed by atoms with Crippen LogP contribution in [0.3, 0.4) is 0 Å². The molecule has 20 heavy (non-hydrogen) atoms. The summed E-state index contributed by atoms with van der Waals surface area (Å²) in [5.74, 6) is 0.805. The molecule has 0 heterocycles. The minimum absolute atomic E-state index is 0.0235. The van der Waals surface area contributed by atoms with Crippen LogP contribution in [0.4, 0.5) is 4.79 Å². The molecule has 0 saturated heterocycles. The number of urea groups is 1. The zero-order valence-electron chi connectivity index (χ0n) is 11.4. The predicted molar refractivity (Wildman–Crippen MR) is 78.4 cm³/mol. The number of aryl methyl sites for hydroxylation is 1. The fourth-order valence-corrected chi connectivity index (χ4v) is 2.90. The van der Waals surface area contributed by atoms with Crippen molar-refractivity contribution in [3.05, 3.63) is 29.8 Å². The minimum atomic E-state index is -3.87. The first-order chi connectivity index (χ1) is 9.35. The van der Waals surface area contributed by atoms with E-state index in [0.717, 1.165) is 5.56 Å². The van der Waals surface area contributed by atoms with Crippen molar-refractivity contribution in [1.82, 2.24) is 10.0 Å². The van der Waals surface area contributed by atoms with Crippen molar-refractivity contribution in [2.24, 2.45) is 0 Å². The van der Waals surface area contributed by atoms with E-state index in [-0.39, 0.29) is 11.4 Å². The van der Waals surface area contributed by atoms with Crippen molar-refractivity contribution in [2.45, 2.75) is 18.7 Å². The van der Waals surface area contributed by atoms with Gasteiger partial charge in [0.25, 0.3) is 10.0 Å². The third-order valence-corrected chi connectivity index (χ3v) is 5.15. The van der Waals surface area contributed by atoms with Crippen LogP contribution in [-0.2, 0) is 20.8 Å². The highest BCUT2D eigenvalue weighted by molar-refractivity contribution is 7.90. The maximum absolute atomic E-state index is 11.9. The Morgan fingerprint density at radius 2 is 1.85 bits per heavy atom. The van der Waals surface area contributed by atoms with Gasteiger partial charge in [-0.1, -0.05) is 24.6 Å². The van der Waals surface area contributed by atoms with E-state index in [0.29, 0.717) is 11.5 Å². The molecule has 1 rings (SSSR count). The second-order valence-corrected chi connectivity index (χ2v) is 7.65. The van der Waals surface area contributed by atoms with E-state index in [2.05, 4.69) is 5.32 Å². The van der Waals surface area contributed by atoms with Crippen LogP contribution in [0.2, 0.25) is 0 Å². The van der Waals surface area contributed by atoms with Gasteiger partial charge in [-0.25, -0.2) is 17.9 Å². The van der Waals surface area contributed by atoms with E-state index in [1.807, 2.05) is 11.6 Å². The van der Waals surface area contributed by atoms with Gasteiger partial charge in [-0.3, -0.25) is 4.21 Å². The maximum atomic E-state index is 11.9. The molecule has 112 valence electrons. The molecule has 0 fully saturated rings. The molecule has 1 aromatic rings. The smallest absolute Gasteiger partial charge is 0.328 e. The number of carbonyl (C=O) groups is 1. The zero-order chi connectivity index (χ0) is 15.2. The summed E-state index contributed by atoms with van der Waals surface area (Å²) in [6, 6.07) is 5.33. The van der Waals surface area contributed by atoms with Gasteiger partial charge in [0.2, 0.25) is 0 Å². The van der Waals surface area contributed by atoms with Crippen LogP contribution < -0.4 is 10.0 Å². The third kappa shape index (κ3) is 5.30. The van der Waals surface area contributed by atoms with Crippen LogP contribution in [0.1, 0.15) is 12.5 Å². The molecule has 0 unspecified atom stereocenters.